The minimum atomic E-state index is -0.518. The largest absolute Gasteiger partial charge is 0.383 e. The maximum atomic E-state index is 12.8. The van der Waals surface area contributed by atoms with Gasteiger partial charge in [-0.05, 0) is 19.8 Å². The van der Waals surface area contributed by atoms with E-state index in [0.717, 1.165) is 17.0 Å². The van der Waals surface area contributed by atoms with Gasteiger partial charge >= 0.3 is 0 Å². The summed E-state index contributed by atoms with van der Waals surface area (Å²) in [6.45, 7) is 4.21. The number of nitrogens with zero attached hydrogens (tertiary/aromatic N) is 1. The van der Waals surface area contributed by atoms with Crippen molar-refractivity contribution in [1.29, 1.82) is 0 Å². The van der Waals surface area contributed by atoms with Crippen molar-refractivity contribution in [2.75, 3.05) is 33.5 Å². The van der Waals surface area contributed by atoms with E-state index in [1.165, 1.54) is 5.56 Å². The van der Waals surface area contributed by atoms with Gasteiger partial charge in [-0.15, -0.1) is 0 Å². The molecule has 3 rings (SSSR count). The molecule has 1 aromatic heterocycles. The second-order valence-corrected chi connectivity index (χ2v) is 6.86. The van der Waals surface area contributed by atoms with E-state index < -0.39 is 5.41 Å². The van der Waals surface area contributed by atoms with Crippen LogP contribution in [-0.2, 0) is 20.7 Å². The number of carbonyl (C=O) groups is 1. The van der Waals surface area contributed by atoms with Crippen LogP contribution in [0.25, 0.3) is 11.3 Å². The van der Waals surface area contributed by atoms with Gasteiger partial charge in [0, 0.05) is 44.9 Å². The number of nitrogens with one attached hydrogen (secondary N) is 1. The molecule has 1 amide bonds. The molecule has 140 valence electrons. The molecule has 0 bridgehead atoms. The molecular weight excluding hydrogens is 332 g/mol. The van der Waals surface area contributed by atoms with E-state index in [1.54, 1.807) is 7.11 Å². The summed E-state index contributed by atoms with van der Waals surface area (Å²) >= 11 is 0. The van der Waals surface area contributed by atoms with Crippen LogP contribution in [0.15, 0.2) is 34.9 Å². The molecule has 2 heterocycles. The fourth-order valence-electron chi connectivity index (χ4n) is 3.29. The molecule has 6 nitrogen and oxygen atoms in total. The summed E-state index contributed by atoms with van der Waals surface area (Å²) < 4.78 is 16.1. The summed E-state index contributed by atoms with van der Waals surface area (Å²) in [7, 11) is 1.62. The maximum Gasteiger partial charge on any atom is 0.226 e. The number of carbonyl (C=O) groups excluding carboxylic acids is 1. The smallest absolute Gasteiger partial charge is 0.226 e. The lowest BCUT2D eigenvalue weighted by atomic mass is 9.75. The van der Waals surface area contributed by atoms with E-state index in [-0.39, 0.29) is 5.91 Å². The van der Waals surface area contributed by atoms with Gasteiger partial charge < -0.3 is 19.3 Å². The van der Waals surface area contributed by atoms with E-state index in [2.05, 4.69) is 17.4 Å². The molecule has 1 aliphatic rings. The molecule has 1 saturated heterocycles. The first-order valence-corrected chi connectivity index (χ1v) is 9.01. The molecule has 6 heteroatoms. The SMILES string of the molecule is COCCNC(=O)C1(Cc2cc(-c3ccc(C)cc3)no2)CCOCC1. The molecule has 1 aliphatic heterocycles. The van der Waals surface area contributed by atoms with Gasteiger partial charge in [-0.1, -0.05) is 35.0 Å². The van der Waals surface area contributed by atoms with Crippen LogP contribution in [0.5, 0.6) is 0 Å². The van der Waals surface area contributed by atoms with E-state index in [9.17, 15) is 4.79 Å². The van der Waals surface area contributed by atoms with Gasteiger partial charge in [-0.3, -0.25) is 4.79 Å². The highest BCUT2D eigenvalue weighted by Crippen LogP contribution is 2.35. The first kappa shape index (κ1) is 18.6. The Morgan fingerprint density at radius 3 is 2.69 bits per heavy atom. The van der Waals surface area contributed by atoms with Crippen molar-refractivity contribution in [2.45, 2.75) is 26.2 Å². The number of aromatic nitrogens is 1. The third-order valence-electron chi connectivity index (χ3n) is 4.94. The third-order valence-corrected chi connectivity index (χ3v) is 4.94. The zero-order chi connectivity index (χ0) is 18.4. The lowest BCUT2D eigenvalue weighted by molar-refractivity contribution is -0.137. The van der Waals surface area contributed by atoms with Gasteiger partial charge in [0.2, 0.25) is 5.91 Å². The molecule has 0 radical (unpaired) electrons. The number of ether oxygens (including phenoxy) is 2. The number of methoxy groups -OCH3 is 1. The first-order chi connectivity index (χ1) is 12.6. The lowest BCUT2D eigenvalue weighted by Gasteiger charge is -2.35. The molecule has 2 aromatic rings. The highest BCUT2D eigenvalue weighted by Gasteiger charge is 2.41. The second kappa shape index (κ2) is 8.47. The summed E-state index contributed by atoms with van der Waals surface area (Å²) in [6, 6.07) is 10.1. The van der Waals surface area contributed by atoms with Crippen molar-refractivity contribution in [1.82, 2.24) is 10.5 Å². The van der Waals surface area contributed by atoms with Crippen LogP contribution < -0.4 is 5.32 Å². The Hall–Kier alpha value is -2.18. The molecule has 1 aromatic carbocycles. The fraction of sp³-hybridized carbons (Fsp3) is 0.500. The van der Waals surface area contributed by atoms with E-state index >= 15 is 0 Å². The Morgan fingerprint density at radius 2 is 2.00 bits per heavy atom. The van der Waals surface area contributed by atoms with E-state index in [0.29, 0.717) is 45.6 Å². The highest BCUT2D eigenvalue weighted by atomic mass is 16.5. The molecule has 0 unspecified atom stereocenters. The highest BCUT2D eigenvalue weighted by molar-refractivity contribution is 5.83. The standard InChI is InChI=1S/C20H26N2O4/c1-15-3-5-16(6-4-15)18-13-17(26-22-18)14-20(7-10-25-11-8-20)19(23)21-9-12-24-2/h3-6,13H,7-12,14H2,1-2H3,(H,21,23). The van der Waals surface area contributed by atoms with E-state index in [4.69, 9.17) is 14.0 Å². The summed E-state index contributed by atoms with van der Waals surface area (Å²) in [4.78, 5) is 12.8. The van der Waals surface area contributed by atoms with Crippen LogP contribution in [-0.4, -0.2) is 44.5 Å². The fourth-order valence-corrected chi connectivity index (χ4v) is 3.29. The predicted molar refractivity (Wildman–Crippen MR) is 97.8 cm³/mol. The van der Waals surface area contributed by atoms with Crippen LogP contribution in [0.2, 0.25) is 0 Å². The predicted octanol–water partition coefficient (Wildman–Crippen LogP) is 2.75. The molecule has 0 saturated carbocycles. The average Bonchev–Trinajstić information content (AvgIpc) is 3.11. The Kier molecular flexibility index (Phi) is 6.06. The summed E-state index contributed by atoms with van der Waals surface area (Å²) in [5.74, 6) is 0.760. The van der Waals surface area contributed by atoms with Crippen molar-refractivity contribution < 1.29 is 18.8 Å². The van der Waals surface area contributed by atoms with Gasteiger partial charge in [0.25, 0.3) is 0 Å². The summed E-state index contributed by atoms with van der Waals surface area (Å²) in [5.41, 5.74) is 2.49. The minimum absolute atomic E-state index is 0.0335. The molecule has 1 N–H and O–H groups in total. The number of benzene rings is 1. The maximum absolute atomic E-state index is 12.8. The van der Waals surface area contributed by atoms with Crippen LogP contribution in [0.1, 0.15) is 24.2 Å². The lowest BCUT2D eigenvalue weighted by Crippen LogP contribution is -2.46. The van der Waals surface area contributed by atoms with Crippen LogP contribution in [0.4, 0.5) is 0 Å². The Morgan fingerprint density at radius 1 is 1.27 bits per heavy atom. The van der Waals surface area contributed by atoms with Gasteiger partial charge in [0.15, 0.2) is 0 Å². The topological polar surface area (TPSA) is 73.6 Å². The molecule has 26 heavy (non-hydrogen) atoms. The quantitative estimate of drug-likeness (QED) is 0.771. The van der Waals surface area contributed by atoms with Crippen molar-refractivity contribution >= 4 is 5.91 Å². The molecule has 1 fully saturated rings. The number of aryl methyl sites for hydroxylation is 1. The van der Waals surface area contributed by atoms with Crippen LogP contribution >= 0.6 is 0 Å². The average molecular weight is 358 g/mol. The number of hydrogen-bond donors (Lipinski definition) is 1. The van der Waals surface area contributed by atoms with Crippen molar-refractivity contribution in [3.05, 3.63) is 41.7 Å². The summed E-state index contributed by atoms with van der Waals surface area (Å²) in [5, 5.41) is 7.17. The molecular formula is C20H26N2O4. The monoisotopic (exact) mass is 358 g/mol. The van der Waals surface area contributed by atoms with Crippen LogP contribution in [0, 0.1) is 12.3 Å². The van der Waals surface area contributed by atoms with Gasteiger partial charge in [0.05, 0.1) is 12.0 Å². The molecule has 0 spiro atoms. The minimum Gasteiger partial charge on any atom is -0.383 e. The number of rotatable bonds is 7. The zero-order valence-corrected chi connectivity index (χ0v) is 15.4. The van der Waals surface area contributed by atoms with Crippen LogP contribution in [0.3, 0.4) is 0 Å². The summed E-state index contributed by atoms with van der Waals surface area (Å²) in [6.07, 6.45) is 1.87. The Bertz CT molecular complexity index is 718. The third kappa shape index (κ3) is 4.31. The Labute approximate surface area is 153 Å². The van der Waals surface area contributed by atoms with Gasteiger partial charge in [-0.25, -0.2) is 0 Å². The van der Waals surface area contributed by atoms with Gasteiger partial charge in [-0.2, -0.15) is 0 Å². The Balaban J connectivity index is 1.74. The zero-order valence-electron chi connectivity index (χ0n) is 15.4. The van der Waals surface area contributed by atoms with Crippen molar-refractivity contribution in [2.24, 2.45) is 5.41 Å². The van der Waals surface area contributed by atoms with Gasteiger partial charge in [0.1, 0.15) is 11.5 Å². The molecule has 0 atom stereocenters. The first-order valence-electron chi connectivity index (χ1n) is 9.01. The van der Waals surface area contributed by atoms with E-state index in [1.807, 2.05) is 30.3 Å². The number of hydrogen-bond acceptors (Lipinski definition) is 5. The molecule has 0 aliphatic carbocycles. The van der Waals surface area contributed by atoms with Crippen molar-refractivity contribution in [3.63, 3.8) is 0 Å². The second-order valence-electron chi connectivity index (χ2n) is 6.86. The number of amides is 1. The van der Waals surface area contributed by atoms with Crippen molar-refractivity contribution in [3.8, 4) is 11.3 Å². The normalized spacial score (nSPS) is 16.4.